The first-order valence-corrected chi connectivity index (χ1v) is 5.17. The molecule has 0 unspecified atom stereocenters. The highest BCUT2D eigenvalue weighted by molar-refractivity contribution is 9.10. The minimum Gasteiger partial charge on any atom is -0.478 e. The van der Waals surface area contributed by atoms with Gasteiger partial charge in [-0.05, 0) is 47.1 Å². The Labute approximate surface area is 94.9 Å². The van der Waals surface area contributed by atoms with E-state index < -0.39 is 5.97 Å². The van der Waals surface area contributed by atoms with E-state index in [1.807, 2.05) is 13.0 Å². The van der Waals surface area contributed by atoms with Gasteiger partial charge in [-0.2, -0.15) is 0 Å². The van der Waals surface area contributed by atoms with Crippen LogP contribution < -0.4 is 0 Å². The number of nitrogens with zero attached hydrogens (tertiary/aromatic N) is 1. The second-order valence-corrected chi connectivity index (χ2v) is 4.12. The molecule has 0 radical (unpaired) electrons. The number of hydrogen-bond acceptors (Lipinski definition) is 2. The van der Waals surface area contributed by atoms with Gasteiger partial charge in [0, 0.05) is 9.86 Å². The number of rotatable bonds is 1. The summed E-state index contributed by atoms with van der Waals surface area (Å²) in [5.74, 6) is -0.923. The number of halogens is 1. The van der Waals surface area contributed by atoms with Crippen LogP contribution in [0.15, 0.2) is 28.7 Å². The summed E-state index contributed by atoms with van der Waals surface area (Å²) in [6.07, 6.45) is 0. The predicted molar refractivity (Wildman–Crippen MR) is 61.1 cm³/mol. The zero-order valence-electron chi connectivity index (χ0n) is 7.99. The monoisotopic (exact) mass is 265 g/mol. The summed E-state index contributed by atoms with van der Waals surface area (Å²) in [6, 6.07) is 6.78. The topological polar surface area (TPSA) is 50.2 Å². The molecule has 3 nitrogen and oxygen atoms in total. The zero-order chi connectivity index (χ0) is 11.0. The number of benzene rings is 1. The fourth-order valence-corrected chi connectivity index (χ4v) is 1.72. The molecule has 0 aliphatic heterocycles. The number of carbonyl (C=O) groups is 1. The molecule has 2 rings (SSSR count). The fraction of sp³-hybridized carbons (Fsp3) is 0.0909. The molecule has 0 spiro atoms. The van der Waals surface area contributed by atoms with Gasteiger partial charge in [-0.3, -0.25) is 4.98 Å². The Kier molecular flexibility index (Phi) is 2.44. The number of carboxylic acid groups (broad SMARTS) is 1. The van der Waals surface area contributed by atoms with E-state index in [1.165, 1.54) is 0 Å². The van der Waals surface area contributed by atoms with Crippen LogP contribution >= 0.6 is 15.9 Å². The molecule has 0 amide bonds. The summed E-state index contributed by atoms with van der Waals surface area (Å²) < 4.78 is 0.887. The van der Waals surface area contributed by atoms with Gasteiger partial charge in [0.05, 0.1) is 16.8 Å². The fourth-order valence-electron chi connectivity index (χ4n) is 1.38. The van der Waals surface area contributed by atoms with Gasteiger partial charge >= 0.3 is 5.97 Å². The molecular weight excluding hydrogens is 258 g/mol. The van der Waals surface area contributed by atoms with Crippen molar-refractivity contribution in [2.45, 2.75) is 6.92 Å². The highest BCUT2D eigenvalue weighted by Crippen LogP contribution is 2.21. The summed E-state index contributed by atoms with van der Waals surface area (Å²) in [5, 5.41) is 9.66. The van der Waals surface area contributed by atoms with E-state index in [2.05, 4.69) is 20.9 Å². The summed E-state index contributed by atoms with van der Waals surface area (Å²) in [5.41, 5.74) is 1.98. The molecule has 0 atom stereocenters. The van der Waals surface area contributed by atoms with Crippen LogP contribution in [0.5, 0.6) is 0 Å². The molecule has 1 heterocycles. The predicted octanol–water partition coefficient (Wildman–Crippen LogP) is 3.00. The van der Waals surface area contributed by atoms with Crippen molar-refractivity contribution < 1.29 is 9.90 Å². The van der Waals surface area contributed by atoms with Crippen LogP contribution in [0.3, 0.4) is 0 Å². The lowest BCUT2D eigenvalue weighted by Gasteiger charge is -2.02. The number of pyridine rings is 1. The lowest BCUT2D eigenvalue weighted by Crippen LogP contribution is -1.96. The smallest absolute Gasteiger partial charge is 0.335 e. The molecule has 1 aromatic heterocycles. The van der Waals surface area contributed by atoms with E-state index in [-0.39, 0.29) is 5.56 Å². The van der Waals surface area contributed by atoms with Gasteiger partial charge in [-0.1, -0.05) is 0 Å². The Morgan fingerprint density at radius 1 is 1.40 bits per heavy atom. The van der Waals surface area contributed by atoms with Crippen LogP contribution in [-0.4, -0.2) is 16.1 Å². The van der Waals surface area contributed by atoms with Crippen molar-refractivity contribution in [3.05, 3.63) is 40.0 Å². The summed E-state index contributed by atoms with van der Waals surface area (Å²) in [6.45, 7) is 1.90. The van der Waals surface area contributed by atoms with Crippen molar-refractivity contribution in [2.75, 3.05) is 0 Å². The van der Waals surface area contributed by atoms with E-state index in [0.29, 0.717) is 0 Å². The Hall–Kier alpha value is -1.42. The third kappa shape index (κ3) is 1.85. The van der Waals surface area contributed by atoms with Crippen molar-refractivity contribution in [3.8, 4) is 0 Å². The molecule has 0 saturated carbocycles. The van der Waals surface area contributed by atoms with Gasteiger partial charge in [0.15, 0.2) is 0 Å². The van der Waals surface area contributed by atoms with Crippen LogP contribution in [0.4, 0.5) is 0 Å². The zero-order valence-corrected chi connectivity index (χ0v) is 9.58. The average Bonchev–Trinajstić information content (AvgIpc) is 2.19. The first-order chi connectivity index (χ1) is 7.08. The molecule has 0 saturated heterocycles. The normalized spacial score (nSPS) is 10.5. The second-order valence-electron chi connectivity index (χ2n) is 3.27. The Morgan fingerprint density at radius 3 is 2.80 bits per heavy atom. The van der Waals surface area contributed by atoms with Crippen molar-refractivity contribution in [1.29, 1.82) is 0 Å². The molecule has 2 aromatic rings. The van der Waals surface area contributed by atoms with E-state index >= 15 is 0 Å². The maximum absolute atomic E-state index is 10.8. The lowest BCUT2D eigenvalue weighted by atomic mass is 10.1. The number of aryl methyl sites for hydroxylation is 1. The SMILES string of the molecule is Cc1nc2ccc(C(=O)O)cc2cc1Br. The van der Waals surface area contributed by atoms with Crippen LogP contribution in [0, 0.1) is 6.92 Å². The largest absolute Gasteiger partial charge is 0.478 e. The van der Waals surface area contributed by atoms with Crippen molar-refractivity contribution >= 4 is 32.8 Å². The summed E-state index contributed by atoms with van der Waals surface area (Å²) in [4.78, 5) is 15.1. The van der Waals surface area contributed by atoms with Crippen molar-refractivity contribution in [1.82, 2.24) is 4.98 Å². The standard InChI is InChI=1S/C11H8BrNO2/c1-6-9(12)5-8-4-7(11(14)15)2-3-10(8)13-6/h2-5H,1H3,(H,14,15). The van der Waals surface area contributed by atoms with Gasteiger partial charge in [-0.25, -0.2) is 4.79 Å². The minimum absolute atomic E-state index is 0.278. The summed E-state index contributed by atoms with van der Waals surface area (Å²) >= 11 is 3.37. The van der Waals surface area contributed by atoms with Gasteiger partial charge < -0.3 is 5.11 Å². The van der Waals surface area contributed by atoms with Crippen molar-refractivity contribution in [3.63, 3.8) is 0 Å². The average molecular weight is 266 g/mol. The third-order valence-electron chi connectivity index (χ3n) is 2.19. The van der Waals surface area contributed by atoms with Crippen LogP contribution in [0.1, 0.15) is 16.1 Å². The number of aromatic carboxylic acids is 1. The van der Waals surface area contributed by atoms with E-state index in [9.17, 15) is 4.79 Å². The van der Waals surface area contributed by atoms with Crippen molar-refractivity contribution in [2.24, 2.45) is 0 Å². The molecule has 76 valence electrons. The van der Waals surface area contributed by atoms with E-state index in [0.717, 1.165) is 21.1 Å². The number of aromatic nitrogens is 1. The number of carboxylic acids is 1. The Bertz CT molecular complexity index is 552. The van der Waals surface area contributed by atoms with Crippen LogP contribution in [-0.2, 0) is 0 Å². The van der Waals surface area contributed by atoms with Gasteiger partial charge in [-0.15, -0.1) is 0 Å². The number of hydrogen-bond donors (Lipinski definition) is 1. The molecule has 15 heavy (non-hydrogen) atoms. The molecule has 0 fully saturated rings. The molecule has 0 aliphatic carbocycles. The van der Waals surface area contributed by atoms with Crippen LogP contribution in [0.2, 0.25) is 0 Å². The Balaban J connectivity index is 2.72. The maximum atomic E-state index is 10.8. The quantitative estimate of drug-likeness (QED) is 0.863. The third-order valence-corrected chi connectivity index (χ3v) is 2.99. The molecule has 0 aliphatic rings. The van der Waals surface area contributed by atoms with Gasteiger partial charge in [0.2, 0.25) is 0 Å². The van der Waals surface area contributed by atoms with Gasteiger partial charge in [0.1, 0.15) is 0 Å². The molecular formula is C11H8BrNO2. The highest BCUT2D eigenvalue weighted by Gasteiger charge is 2.05. The Morgan fingerprint density at radius 2 is 2.13 bits per heavy atom. The minimum atomic E-state index is -0.923. The van der Waals surface area contributed by atoms with E-state index in [4.69, 9.17) is 5.11 Å². The van der Waals surface area contributed by atoms with Gasteiger partial charge in [0.25, 0.3) is 0 Å². The van der Waals surface area contributed by atoms with E-state index in [1.54, 1.807) is 18.2 Å². The first-order valence-electron chi connectivity index (χ1n) is 4.38. The molecule has 1 aromatic carbocycles. The highest BCUT2D eigenvalue weighted by atomic mass is 79.9. The second kappa shape index (κ2) is 3.62. The molecule has 4 heteroatoms. The molecule has 1 N–H and O–H groups in total. The lowest BCUT2D eigenvalue weighted by molar-refractivity contribution is 0.0697. The van der Waals surface area contributed by atoms with Crippen LogP contribution in [0.25, 0.3) is 10.9 Å². The maximum Gasteiger partial charge on any atom is 0.335 e. The molecule has 0 bridgehead atoms. The summed E-state index contributed by atoms with van der Waals surface area (Å²) in [7, 11) is 0. The number of fused-ring (bicyclic) bond motifs is 1. The first kappa shape index (κ1) is 10.1.